The van der Waals surface area contributed by atoms with Crippen molar-refractivity contribution in [3.05, 3.63) is 57.5 Å². The van der Waals surface area contributed by atoms with Crippen molar-refractivity contribution in [3.8, 4) is 0 Å². The minimum Gasteiger partial charge on any atom is -0.457 e. The molecule has 1 atom stereocenters. The predicted octanol–water partition coefficient (Wildman–Crippen LogP) is 3.90. The average molecular weight is 294 g/mol. The van der Waals surface area contributed by atoms with Gasteiger partial charge in [0, 0.05) is 11.6 Å². The maximum absolute atomic E-state index is 6.22. The molecule has 0 aliphatic rings. The van der Waals surface area contributed by atoms with Gasteiger partial charge in [-0.2, -0.15) is 0 Å². The second-order valence-corrected chi connectivity index (χ2v) is 5.05. The Bertz CT molecular complexity index is 498. The maximum atomic E-state index is 6.22. The third kappa shape index (κ3) is 2.61. The molecule has 0 fully saturated rings. The Morgan fingerprint density at radius 1 is 1.24 bits per heavy atom. The number of halogens is 1. The third-order valence-corrected chi connectivity index (χ3v) is 3.76. The molecule has 1 heterocycles. The molecule has 3 heteroatoms. The van der Waals surface area contributed by atoms with Crippen LogP contribution in [0.15, 0.2) is 39.6 Å². The maximum Gasteiger partial charge on any atom is 0.173 e. The van der Waals surface area contributed by atoms with Crippen molar-refractivity contribution in [2.45, 2.75) is 26.3 Å². The summed E-state index contributed by atoms with van der Waals surface area (Å²) in [5.74, 6) is 0. The molecule has 0 aliphatic carbocycles. The normalized spacial score (nSPS) is 12.7. The van der Waals surface area contributed by atoms with E-state index in [1.165, 1.54) is 16.7 Å². The van der Waals surface area contributed by atoms with E-state index in [1.807, 2.05) is 6.07 Å². The van der Waals surface area contributed by atoms with Gasteiger partial charge in [-0.05, 0) is 59.0 Å². The van der Waals surface area contributed by atoms with Gasteiger partial charge in [0.2, 0.25) is 0 Å². The van der Waals surface area contributed by atoms with Gasteiger partial charge in [-0.1, -0.05) is 18.2 Å². The first-order chi connectivity index (χ1) is 8.09. The van der Waals surface area contributed by atoms with Crippen LogP contribution >= 0.6 is 15.9 Å². The third-order valence-electron chi connectivity index (χ3n) is 3.11. The Morgan fingerprint density at radius 3 is 2.41 bits per heavy atom. The molecular weight excluding hydrogens is 278 g/mol. The Kier molecular flexibility index (Phi) is 3.69. The number of hydrogen-bond donors (Lipinski definition) is 1. The smallest absolute Gasteiger partial charge is 0.173 e. The van der Waals surface area contributed by atoms with Crippen LogP contribution in [0.5, 0.6) is 0 Å². The minimum atomic E-state index is -0.0390. The molecule has 17 heavy (non-hydrogen) atoms. The molecule has 0 saturated carbocycles. The molecule has 2 N–H and O–H groups in total. The van der Waals surface area contributed by atoms with Gasteiger partial charge in [0.1, 0.15) is 0 Å². The van der Waals surface area contributed by atoms with Crippen LogP contribution in [0.2, 0.25) is 0 Å². The van der Waals surface area contributed by atoms with Gasteiger partial charge in [0.25, 0.3) is 0 Å². The van der Waals surface area contributed by atoms with Crippen molar-refractivity contribution in [3.63, 3.8) is 0 Å². The molecule has 1 aromatic carbocycles. The van der Waals surface area contributed by atoms with Gasteiger partial charge in [-0.15, -0.1) is 0 Å². The predicted molar refractivity (Wildman–Crippen MR) is 73.0 cm³/mol. The van der Waals surface area contributed by atoms with E-state index in [9.17, 15) is 0 Å². The SMILES string of the molecule is Cc1cccc(C)c1CC(N)c1ccoc1Br. The van der Waals surface area contributed by atoms with E-state index >= 15 is 0 Å². The lowest BCUT2D eigenvalue weighted by Gasteiger charge is -2.14. The number of aryl methyl sites for hydroxylation is 2. The molecule has 0 radical (unpaired) electrons. The van der Waals surface area contributed by atoms with Crippen LogP contribution in [-0.4, -0.2) is 0 Å². The van der Waals surface area contributed by atoms with Crippen LogP contribution < -0.4 is 5.73 Å². The highest BCUT2D eigenvalue weighted by Gasteiger charge is 2.14. The van der Waals surface area contributed by atoms with E-state index in [0.717, 1.165) is 16.7 Å². The second-order valence-electron chi connectivity index (χ2n) is 4.33. The molecule has 0 aliphatic heterocycles. The number of benzene rings is 1. The zero-order valence-corrected chi connectivity index (χ0v) is 11.6. The second kappa shape index (κ2) is 5.07. The molecule has 0 saturated heterocycles. The van der Waals surface area contributed by atoms with Crippen LogP contribution in [-0.2, 0) is 6.42 Å². The zero-order valence-electron chi connectivity index (χ0n) is 10.0. The molecule has 0 spiro atoms. The van der Waals surface area contributed by atoms with Gasteiger partial charge in [0.05, 0.1) is 6.26 Å². The summed E-state index contributed by atoms with van der Waals surface area (Å²) in [5.41, 5.74) is 11.2. The molecule has 0 bridgehead atoms. The Labute approximate surface area is 110 Å². The first kappa shape index (κ1) is 12.4. The molecule has 0 amide bonds. The van der Waals surface area contributed by atoms with Crippen molar-refractivity contribution < 1.29 is 4.42 Å². The summed E-state index contributed by atoms with van der Waals surface area (Å²) in [4.78, 5) is 0. The quantitative estimate of drug-likeness (QED) is 0.932. The first-order valence-electron chi connectivity index (χ1n) is 5.63. The number of hydrogen-bond acceptors (Lipinski definition) is 2. The summed E-state index contributed by atoms with van der Waals surface area (Å²) >= 11 is 3.37. The zero-order chi connectivity index (χ0) is 12.4. The van der Waals surface area contributed by atoms with E-state index in [-0.39, 0.29) is 6.04 Å². The fourth-order valence-electron chi connectivity index (χ4n) is 2.07. The lowest BCUT2D eigenvalue weighted by molar-refractivity contribution is 0.530. The summed E-state index contributed by atoms with van der Waals surface area (Å²) < 4.78 is 5.95. The summed E-state index contributed by atoms with van der Waals surface area (Å²) in [7, 11) is 0. The van der Waals surface area contributed by atoms with Crippen molar-refractivity contribution in [1.82, 2.24) is 0 Å². The van der Waals surface area contributed by atoms with E-state index in [4.69, 9.17) is 10.2 Å². The van der Waals surface area contributed by atoms with Gasteiger partial charge >= 0.3 is 0 Å². The van der Waals surface area contributed by atoms with Crippen LogP contribution in [0.3, 0.4) is 0 Å². The number of nitrogens with two attached hydrogens (primary N) is 1. The summed E-state index contributed by atoms with van der Waals surface area (Å²) in [5, 5.41) is 0. The molecule has 2 aromatic rings. The number of furan rings is 1. The molecule has 90 valence electrons. The minimum absolute atomic E-state index is 0.0390. The van der Waals surface area contributed by atoms with Crippen LogP contribution in [0, 0.1) is 13.8 Å². The molecule has 1 aromatic heterocycles. The van der Waals surface area contributed by atoms with Gasteiger partial charge in [0.15, 0.2) is 4.67 Å². The lowest BCUT2D eigenvalue weighted by atomic mass is 9.94. The fourth-order valence-corrected chi connectivity index (χ4v) is 2.60. The summed E-state index contributed by atoms with van der Waals surface area (Å²) in [6.07, 6.45) is 2.49. The van der Waals surface area contributed by atoms with Crippen molar-refractivity contribution in [1.29, 1.82) is 0 Å². The van der Waals surface area contributed by atoms with Gasteiger partial charge in [-0.25, -0.2) is 0 Å². The van der Waals surface area contributed by atoms with Crippen LogP contribution in [0.1, 0.15) is 28.3 Å². The van der Waals surface area contributed by atoms with Gasteiger partial charge in [-0.3, -0.25) is 0 Å². The monoisotopic (exact) mass is 293 g/mol. The van der Waals surface area contributed by atoms with Crippen molar-refractivity contribution >= 4 is 15.9 Å². The Balaban J connectivity index is 2.25. The topological polar surface area (TPSA) is 39.2 Å². The molecule has 2 nitrogen and oxygen atoms in total. The van der Waals surface area contributed by atoms with Crippen LogP contribution in [0.25, 0.3) is 0 Å². The van der Waals surface area contributed by atoms with Gasteiger partial charge < -0.3 is 10.2 Å². The van der Waals surface area contributed by atoms with E-state index < -0.39 is 0 Å². The first-order valence-corrected chi connectivity index (χ1v) is 6.42. The standard InChI is InChI=1S/C14H16BrNO/c1-9-4-3-5-10(2)12(9)8-13(16)11-6-7-17-14(11)15/h3-7,13H,8,16H2,1-2H3. The Hall–Kier alpha value is -1.06. The largest absolute Gasteiger partial charge is 0.457 e. The lowest BCUT2D eigenvalue weighted by Crippen LogP contribution is -2.14. The summed E-state index contributed by atoms with van der Waals surface area (Å²) in [6, 6.07) is 8.21. The number of rotatable bonds is 3. The fraction of sp³-hybridized carbons (Fsp3) is 0.286. The van der Waals surface area contributed by atoms with E-state index in [1.54, 1.807) is 6.26 Å². The highest BCUT2D eigenvalue weighted by molar-refractivity contribution is 9.10. The average Bonchev–Trinajstić information content (AvgIpc) is 2.70. The van der Waals surface area contributed by atoms with E-state index in [2.05, 4.69) is 48.0 Å². The van der Waals surface area contributed by atoms with E-state index in [0.29, 0.717) is 0 Å². The molecule has 1 unspecified atom stereocenters. The molecule has 2 rings (SSSR count). The molecular formula is C14H16BrNO. The Morgan fingerprint density at radius 2 is 1.88 bits per heavy atom. The van der Waals surface area contributed by atoms with Crippen molar-refractivity contribution in [2.24, 2.45) is 5.73 Å². The highest BCUT2D eigenvalue weighted by Crippen LogP contribution is 2.27. The van der Waals surface area contributed by atoms with Crippen molar-refractivity contribution in [2.75, 3.05) is 0 Å². The highest BCUT2D eigenvalue weighted by atomic mass is 79.9. The summed E-state index contributed by atoms with van der Waals surface area (Å²) in [6.45, 7) is 4.25. The van der Waals surface area contributed by atoms with Crippen LogP contribution in [0.4, 0.5) is 0 Å².